The van der Waals surface area contributed by atoms with E-state index in [1.165, 1.54) is 10.8 Å². The standard InChI is InChI=1S/C26H33N5O6S/c1-17-7-6-8-19-21(17)30(25(34)37-26(2,3)4)10-9-29(19)20-15-18-16-27-24(38(5)35)28-22(18)31(23(20)33)11-13-36-14-12-32/h6-8,15-16,32H,9-14H2,1-5H3. The van der Waals surface area contributed by atoms with Crippen molar-refractivity contribution < 1.29 is 23.9 Å². The fourth-order valence-corrected chi connectivity index (χ4v) is 4.80. The van der Waals surface area contributed by atoms with E-state index in [0.717, 1.165) is 5.56 Å². The molecule has 1 aliphatic rings. The summed E-state index contributed by atoms with van der Waals surface area (Å²) in [5.41, 5.74) is 2.03. The van der Waals surface area contributed by atoms with Gasteiger partial charge in [0.15, 0.2) is 5.65 Å². The van der Waals surface area contributed by atoms with Crippen molar-refractivity contribution >= 4 is 45.4 Å². The van der Waals surface area contributed by atoms with Gasteiger partial charge >= 0.3 is 11.2 Å². The van der Waals surface area contributed by atoms with Crippen molar-refractivity contribution in [1.29, 1.82) is 0 Å². The lowest BCUT2D eigenvalue weighted by Gasteiger charge is -2.39. The Morgan fingerprint density at radius 2 is 1.97 bits per heavy atom. The molecule has 0 saturated heterocycles. The molecule has 0 aliphatic carbocycles. The summed E-state index contributed by atoms with van der Waals surface area (Å²) in [6.07, 6.45) is 2.59. The molecule has 0 saturated carbocycles. The van der Waals surface area contributed by atoms with Crippen molar-refractivity contribution in [3.05, 3.63) is 46.4 Å². The number of para-hydroxylation sites is 1. The maximum absolute atomic E-state index is 13.9. The van der Waals surface area contributed by atoms with Gasteiger partial charge in [0.2, 0.25) is 0 Å². The van der Waals surface area contributed by atoms with Gasteiger partial charge in [-0.25, -0.2) is 4.79 Å². The first-order chi connectivity index (χ1) is 18.0. The summed E-state index contributed by atoms with van der Waals surface area (Å²) in [5, 5.41) is 9.77. The Labute approximate surface area is 224 Å². The highest BCUT2D eigenvalue weighted by Gasteiger charge is 2.33. The van der Waals surface area contributed by atoms with Gasteiger partial charge in [-0.05, 0) is 45.4 Å². The van der Waals surface area contributed by atoms with Crippen molar-refractivity contribution in [2.75, 3.05) is 49.0 Å². The number of carbonyl (C=O) groups is 1. The number of rotatable bonds is 7. The molecule has 3 aromatic rings. The van der Waals surface area contributed by atoms with Crippen molar-refractivity contribution in [3.63, 3.8) is 0 Å². The van der Waals surface area contributed by atoms with Gasteiger partial charge < -0.3 is 24.0 Å². The first-order valence-corrected chi connectivity index (χ1v) is 13.9. The lowest BCUT2D eigenvalue weighted by Crippen LogP contribution is -2.46. The predicted octanol–water partition coefficient (Wildman–Crippen LogP) is 2.74. The molecule has 11 nitrogen and oxygen atoms in total. The van der Waals surface area contributed by atoms with Crippen LogP contribution >= 0.6 is 0 Å². The van der Waals surface area contributed by atoms with Crippen molar-refractivity contribution in [3.8, 4) is 0 Å². The Morgan fingerprint density at radius 3 is 2.66 bits per heavy atom. The van der Waals surface area contributed by atoms with Crippen LogP contribution in [0.2, 0.25) is 0 Å². The third-order valence-electron chi connectivity index (χ3n) is 5.97. The van der Waals surface area contributed by atoms with Crippen LogP contribution in [0.3, 0.4) is 0 Å². The highest BCUT2D eigenvalue weighted by atomic mass is 32.2. The van der Waals surface area contributed by atoms with Gasteiger partial charge in [-0.1, -0.05) is 12.1 Å². The molecule has 4 rings (SSSR count). The first kappa shape index (κ1) is 27.8. The highest BCUT2D eigenvalue weighted by molar-refractivity contribution is 7.90. The predicted molar refractivity (Wildman–Crippen MR) is 146 cm³/mol. The van der Waals surface area contributed by atoms with Crippen molar-refractivity contribution in [2.24, 2.45) is 0 Å². The van der Waals surface area contributed by atoms with Gasteiger partial charge in [0.05, 0.1) is 37.7 Å². The molecule has 0 fully saturated rings. The summed E-state index contributed by atoms with van der Waals surface area (Å²) < 4.78 is 24.6. The van der Waals surface area contributed by atoms with Crippen LogP contribution in [0.1, 0.15) is 26.3 Å². The molecule has 204 valence electrons. The number of nitrogens with zero attached hydrogens (tertiary/aromatic N) is 5. The average molecular weight is 544 g/mol. The minimum atomic E-state index is -1.43. The third kappa shape index (κ3) is 5.78. The Morgan fingerprint density at radius 1 is 1.21 bits per heavy atom. The normalized spacial score (nSPS) is 14.5. The average Bonchev–Trinajstić information content (AvgIpc) is 2.85. The monoisotopic (exact) mass is 543 g/mol. The molecule has 1 unspecified atom stereocenters. The van der Waals surface area contributed by atoms with Crippen LogP contribution in [-0.2, 0) is 27.2 Å². The summed E-state index contributed by atoms with van der Waals surface area (Å²) >= 11 is -1.43. The molecule has 1 aliphatic heterocycles. The van der Waals surface area contributed by atoms with Crippen molar-refractivity contribution in [1.82, 2.24) is 14.5 Å². The third-order valence-corrected chi connectivity index (χ3v) is 6.68. The van der Waals surface area contributed by atoms with E-state index in [9.17, 15) is 14.1 Å². The van der Waals surface area contributed by atoms with E-state index in [-0.39, 0.29) is 37.1 Å². The van der Waals surface area contributed by atoms with Gasteiger partial charge in [0, 0.05) is 35.8 Å². The van der Waals surface area contributed by atoms with E-state index in [0.29, 0.717) is 41.2 Å². The van der Waals surface area contributed by atoms with Gasteiger partial charge in [0.1, 0.15) is 17.5 Å². The Balaban J connectivity index is 1.83. The molecule has 0 radical (unpaired) electrons. The van der Waals surface area contributed by atoms with Crippen LogP contribution in [0.4, 0.5) is 21.9 Å². The van der Waals surface area contributed by atoms with Crippen molar-refractivity contribution in [2.45, 2.75) is 45.0 Å². The molecule has 1 aromatic carbocycles. The Bertz CT molecular complexity index is 1390. The molecule has 2 aromatic heterocycles. The molecule has 1 N–H and O–H groups in total. The second-order valence-electron chi connectivity index (χ2n) is 9.93. The van der Waals surface area contributed by atoms with Crippen LogP contribution in [0.15, 0.2) is 40.4 Å². The van der Waals surface area contributed by atoms with Gasteiger partial charge in [-0.2, -0.15) is 9.97 Å². The van der Waals surface area contributed by atoms with Crippen LogP contribution < -0.4 is 15.4 Å². The van der Waals surface area contributed by atoms with Crippen LogP contribution in [0, 0.1) is 6.92 Å². The van der Waals surface area contributed by atoms with Crippen LogP contribution in [0.25, 0.3) is 11.0 Å². The minimum absolute atomic E-state index is 0.127. The fourth-order valence-electron chi connectivity index (χ4n) is 4.38. The minimum Gasteiger partial charge on any atom is -0.609 e. The zero-order chi connectivity index (χ0) is 27.6. The lowest BCUT2D eigenvalue weighted by molar-refractivity contribution is 0.0580. The van der Waals surface area contributed by atoms with Gasteiger partial charge in [-0.15, -0.1) is 0 Å². The van der Waals surface area contributed by atoms with E-state index in [1.54, 1.807) is 17.2 Å². The van der Waals surface area contributed by atoms with E-state index in [2.05, 4.69) is 9.97 Å². The molecule has 3 heterocycles. The topological polar surface area (TPSA) is 133 Å². The smallest absolute Gasteiger partial charge is 0.414 e. The molecule has 1 atom stereocenters. The second kappa shape index (κ2) is 11.3. The second-order valence-corrected chi connectivity index (χ2v) is 11.2. The molecular weight excluding hydrogens is 510 g/mol. The highest BCUT2D eigenvalue weighted by Crippen LogP contribution is 2.40. The summed E-state index contributed by atoms with van der Waals surface area (Å²) in [6, 6.07) is 7.39. The van der Waals surface area contributed by atoms with E-state index in [1.807, 2.05) is 50.8 Å². The first-order valence-electron chi connectivity index (χ1n) is 12.3. The summed E-state index contributed by atoms with van der Waals surface area (Å²) in [7, 11) is 0. The maximum atomic E-state index is 13.9. The number of pyridine rings is 1. The summed E-state index contributed by atoms with van der Waals surface area (Å²) in [6.45, 7) is 8.42. The zero-order valence-electron chi connectivity index (χ0n) is 22.3. The molecular formula is C26H33N5O6S. The number of amides is 1. The number of aromatic nitrogens is 3. The number of aryl methyl sites for hydroxylation is 1. The van der Waals surface area contributed by atoms with Crippen LogP contribution in [-0.4, -0.2) is 75.1 Å². The zero-order valence-corrected chi connectivity index (χ0v) is 23.1. The largest absolute Gasteiger partial charge is 0.609 e. The van der Waals surface area contributed by atoms with Crippen LogP contribution in [0.5, 0.6) is 0 Å². The molecule has 1 amide bonds. The quantitative estimate of drug-likeness (QED) is 0.271. The van der Waals surface area contributed by atoms with Gasteiger partial charge in [0.25, 0.3) is 5.56 Å². The molecule has 0 spiro atoms. The van der Waals surface area contributed by atoms with E-state index in [4.69, 9.17) is 14.6 Å². The number of fused-ring (bicyclic) bond motifs is 2. The van der Waals surface area contributed by atoms with E-state index < -0.39 is 22.9 Å². The Kier molecular flexibility index (Phi) is 8.26. The molecule has 0 bridgehead atoms. The number of aliphatic hydroxyl groups is 1. The summed E-state index contributed by atoms with van der Waals surface area (Å²) in [5.74, 6) is 0. The number of hydrogen-bond acceptors (Lipinski definition) is 9. The lowest BCUT2D eigenvalue weighted by atomic mass is 10.1. The molecule has 12 heteroatoms. The fraction of sp³-hybridized carbons (Fsp3) is 0.462. The number of anilines is 3. The van der Waals surface area contributed by atoms with E-state index >= 15 is 0 Å². The number of aliphatic hydroxyl groups excluding tert-OH is 1. The Hall–Kier alpha value is -3.19. The number of ether oxygens (including phenoxy) is 2. The number of carbonyl (C=O) groups excluding carboxylic acids is 1. The maximum Gasteiger partial charge on any atom is 0.414 e. The SMILES string of the molecule is Cc1cccc2c1N(C(=O)OC(C)(C)C)CCN2c1cc2cnc([S+](C)[O-])nc2n(CCOCCO)c1=O. The number of hydrogen-bond donors (Lipinski definition) is 1. The molecule has 38 heavy (non-hydrogen) atoms. The number of benzene rings is 1. The summed E-state index contributed by atoms with van der Waals surface area (Å²) in [4.78, 5) is 39.1. The van der Waals surface area contributed by atoms with Gasteiger partial charge in [-0.3, -0.25) is 14.3 Å².